The Balaban J connectivity index is 1.45. The number of benzene rings is 2. The molecule has 0 bridgehead atoms. The van der Waals surface area contributed by atoms with Crippen LogP contribution in [0.1, 0.15) is 6.92 Å². The highest BCUT2D eigenvalue weighted by Gasteiger charge is 2.26. The first-order valence-corrected chi connectivity index (χ1v) is 12.2. The summed E-state index contributed by atoms with van der Waals surface area (Å²) >= 11 is 0. The maximum atomic E-state index is 12.5. The Hall–Kier alpha value is -3.31. The predicted octanol–water partition coefficient (Wildman–Crippen LogP) is 1.26. The van der Waals surface area contributed by atoms with Gasteiger partial charge in [0, 0.05) is 31.9 Å². The van der Waals surface area contributed by atoms with Gasteiger partial charge in [0.05, 0.1) is 19.1 Å². The largest absolute Gasteiger partial charge is 0.497 e. The molecular formula is C23H29N3O7S. The molecule has 1 atom stereocenters. The molecule has 1 unspecified atom stereocenters. The van der Waals surface area contributed by atoms with E-state index < -0.39 is 28.6 Å². The van der Waals surface area contributed by atoms with Gasteiger partial charge in [-0.05, 0) is 55.5 Å². The SMILES string of the molecule is COc1ccc(N2CCN(C(=O)COC(=O)C(C)NS(=O)(=O)c3ccc(OC)cc3)CC2)cc1. The highest BCUT2D eigenvalue weighted by atomic mass is 32.2. The molecular weight excluding hydrogens is 462 g/mol. The van der Waals surface area contributed by atoms with Crippen LogP contribution in [-0.2, 0) is 24.3 Å². The lowest BCUT2D eigenvalue weighted by molar-refractivity contribution is -0.153. The molecule has 0 aromatic heterocycles. The first-order valence-electron chi connectivity index (χ1n) is 10.7. The third-order valence-corrected chi connectivity index (χ3v) is 7.02. The zero-order valence-corrected chi connectivity index (χ0v) is 20.2. The number of carbonyl (C=O) groups excluding carboxylic acids is 2. The minimum Gasteiger partial charge on any atom is -0.497 e. The summed E-state index contributed by atoms with van der Waals surface area (Å²) in [4.78, 5) is 28.5. The third-order valence-electron chi connectivity index (χ3n) is 5.46. The summed E-state index contributed by atoms with van der Waals surface area (Å²) in [5.41, 5.74) is 1.04. The van der Waals surface area contributed by atoms with E-state index in [-0.39, 0.29) is 10.8 Å². The van der Waals surface area contributed by atoms with Crippen LogP contribution in [0.3, 0.4) is 0 Å². The van der Waals surface area contributed by atoms with Crippen LogP contribution in [0.4, 0.5) is 5.69 Å². The van der Waals surface area contributed by atoms with Gasteiger partial charge in [-0.3, -0.25) is 9.59 Å². The van der Waals surface area contributed by atoms with Gasteiger partial charge in [-0.2, -0.15) is 4.72 Å². The Kier molecular flexibility index (Phi) is 8.35. The van der Waals surface area contributed by atoms with E-state index in [1.165, 1.54) is 38.3 Å². The van der Waals surface area contributed by atoms with Gasteiger partial charge in [-0.15, -0.1) is 0 Å². The first-order chi connectivity index (χ1) is 16.2. The molecule has 0 aliphatic carbocycles. The molecule has 184 valence electrons. The van der Waals surface area contributed by atoms with Crippen LogP contribution >= 0.6 is 0 Å². The molecule has 1 aliphatic rings. The predicted molar refractivity (Wildman–Crippen MR) is 126 cm³/mol. The quantitative estimate of drug-likeness (QED) is 0.522. The average molecular weight is 492 g/mol. The Labute approximate surface area is 199 Å². The number of amides is 1. The molecule has 11 heteroatoms. The summed E-state index contributed by atoms with van der Waals surface area (Å²) in [6.45, 7) is 3.18. The summed E-state index contributed by atoms with van der Waals surface area (Å²) in [5.74, 6) is 0.130. The number of hydrogen-bond acceptors (Lipinski definition) is 8. The zero-order valence-electron chi connectivity index (χ0n) is 19.4. The van der Waals surface area contributed by atoms with E-state index in [1.54, 1.807) is 12.0 Å². The fourth-order valence-corrected chi connectivity index (χ4v) is 4.65. The van der Waals surface area contributed by atoms with E-state index in [9.17, 15) is 18.0 Å². The third kappa shape index (κ3) is 6.39. The van der Waals surface area contributed by atoms with E-state index in [1.807, 2.05) is 24.3 Å². The van der Waals surface area contributed by atoms with Gasteiger partial charge in [-0.1, -0.05) is 0 Å². The van der Waals surface area contributed by atoms with Crippen LogP contribution in [0.5, 0.6) is 11.5 Å². The lowest BCUT2D eigenvalue weighted by Crippen LogP contribution is -2.50. The van der Waals surface area contributed by atoms with Gasteiger partial charge in [0.2, 0.25) is 10.0 Å². The molecule has 0 spiro atoms. The second-order valence-electron chi connectivity index (χ2n) is 7.69. The van der Waals surface area contributed by atoms with Gasteiger partial charge < -0.3 is 24.0 Å². The molecule has 3 rings (SSSR count). The van der Waals surface area contributed by atoms with Crippen LogP contribution in [0.25, 0.3) is 0 Å². The molecule has 1 saturated heterocycles. The van der Waals surface area contributed by atoms with Crippen LogP contribution in [-0.4, -0.2) is 78.2 Å². The Bertz CT molecular complexity index is 1080. The van der Waals surface area contributed by atoms with E-state index in [2.05, 4.69) is 9.62 Å². The van der Waals surface area contributed by atoms with Crippen LogP contribution in [0.15, 0.2) is 53.4 Å². The summed E-state index contributed by atoms with van der Waals surface area (Å²) in [6.07, 6.45) is 0. The fraction of sp³-hybridized carbons (Fsp3) is 0.391. The van der Waals surface area contributed by atoms with Crippen LogP contribution < -0.4 is 19.1 Å². The number of piperazine rings is 1. The normalized spacial score (nSPS) is 14.9. The number of sulfonamides is 1. The number of rotatable bonds is 9. The van der Waals surface area contributed by atoms with Crippen molar-refractivity contribution in [2.75, 3.05) is 51.9 Å². The minimum absolute atomic E-state index is 0.0150. The summed E-state index contributed by atoms with van der Waals surface area (Å²) in [7, 11) is -0.853. The lowest BCUT2D eigenvalue weighted by Gasteiger charge is -2.36. The van der Waals surface area contributed by atoms with Crippen molar-refractivity contribution in [3.63, 3.8) is 0 Å². The Morgan fingerprint density at radius 1 is 0.912 bits per heavy atom. The van der Waals surface area contributed by atoms with E-state index >= 15 is 0 Å². The zero-order chi connectivity index (χ0) is 24.7. The summed E-state index contributed by atoms with van der Waals surface area (Å²) in [5, 5.41) is 0. The number of methoxy groups -OCH3 is 2. The highest BCUT2D eigenvalue weighted by Crippen LogP contribution is 2.20. The number of nitrogens with zero attached hydrogens (tertiary/aromatic N) is 2. The number of esters is 1. The molecule has 1 N–H and O–H groups in total. The smallest absolute Gasteiger partial charge is 0.324 e. The number of hydrogen-bond donors (Lipinski definition) is 1. The molecule has 1 fully saturated rings. The Morgan fingerprint density at radius 3 is 1.97 bits per heavy atom. The topological polar surface area (TPSA) is 114 Å². The Morgan fingerprint density at radius 2 is 1.44 bits per heavy atom. The molecule has 1 heterocycles. The number of nitrogens with one attached hydrogen (secondary N) is 1. The van der Waals surface area contributed by atoms with Gasteiger partial charge in [-0.25, -0.2) is 8.42 Å². The van der Waals surface area contributed by atoms with E-state index in [0.29, 0.717) is 31.9 Å². The van der Waals surface area contributed by atoms with Crippen molar-refractivity contribution >= 4 is 27.6 Å². The highest BCUT2D eigenvalue weighted by molar-refractivity contribution is 7.89. The summed E-state index contributed by atoms with van der Waals surface area (Å²) in [6, 6.07) is 12.3. The number of anilines is 1. The molecule has 34 heavy (non-hydrogen) atoms. The van der Waals surface area contributed by atoms with Crippen molar-refractivity contribution in [1.82, 2.24) is 9.62 Å². The number of ether oxygens (including phenoxy) is 3. The van der Waals surface area contributed by atoms with Gasteiger partial charge in [0.15, 0.2) is 6.61 Å². The maximum Gasteiger partial charge on any atom is 0.324 e. The molecule has 1 aliphatic heterocycles. The minimum atomic E-state index is -3.94. The molecule has 2 aromatic carbocycles. The second-order valence-corrected chi connectivity index (χ2v) is 9.41. The van der Waals surface area contributed by atoms with E-state index in [0.717, 1.165) is 11.4 Å². The van der Waals surface area contributed by atoms with Crippen molar-refractivity contribution in [2.45, 2.75) is 17.9 Å². The van der Waals surface area contributed by atoms with Crippen molar-refractivity contribution in [1.29, 1.82) is 0 Å². The molecule has 0 saturated carbocycles. The van der Waals surface area contributed by atoms with Crippen LogP contribution in [0, 0.1) is 0 Å². The van der Waals surface area contributed by atoms with Crippen LogP contribution in [0.2, 0.25) is 0 Å². The standard InChI is InChI=1S/C23H29N3O7S/c1-17(24-34(29,30)21-10-8-20(32-3)9-11-21)23(28)33-16-22(27)26-14-12-25(13-15-26)18-4-6-19(31-2)7-5-18/h4-11,17,24H,12-16H2,1-3H3. The number of carbonyl (C=O) groups is 2. The van der Waals surface area contributed by atoms with Crippen molar-refractivity contribution in [3.8, 4) is 11.5 Å². The lowest BCUT2D eigenvalue weighted by atomic mass is 10.2. The van der Waals surface area contributed by atoms with Crippen molar-refractivity contribution in [3.05, 3.63) is 48.5 Å². The van der Waals surface area contributed by atoms with Crippen molar-refractivity contribution < 1.29 is 32.2 Å². The molecule has 2 aromatic rings. The second kappa shape index (κ2) is 11.2. The molecule has 0 radical (unpaired) electrons. The monoisotopic (exact) mass is 491 g/mol. The fourth-order valence-electron chi connectivity index (χ4n) is 3.46. The summed E-state index contributed by atoms with van der Waals surface area (Å²) < 4.78 is 42.4. The van der Waals surface area contributed by atoms with Gasteiger partial charge >= 0.3 is 5.97 Å². The van der Waals surface area contributed by atoms with Gasteiger partial charge in [0.1, 0.15) is 17.5 Å². The van der Waals surface area contributed by atoms with Crippen molar-refractivity contribution in [2.24, 2.45) is 0 Å². The van der Waals surface area contributed by atoms with E-state index in [4.69, 9.17) is 14.2 Å². The molecule has 1 amide bonds. The maximum absolute atomic E-state index is 12.5. The first kappa shape index (κ1) is 25.3. The average Bonchev–Trinajstić information content (AvgIpc) is 2.87. The van der Waals surface area contributed by atoms with Gasteiger partial charge in [0.25, 0.3) is 5.91 Å². The molecule has 10 nitrogen and oxygen atoms in total.